The SMILES string of the molecule is O=C(Cc1ccc(C(F)(F)F)cc1)Nc1cccc2oc(=O)[nH]c12.O=C(O)Cc1ccc(C(F)(F)F)cc1. The number of aromatic amines is 1. The predicted molar refractivity (Wildman–Crippen MR) is 123 cm³/mol. The lowest BCUT2D eigenvalue weighted by Crippen LogP contribution is -2.15. The summed E-state index contributed by atoms with van der Waals surface area (Å²) < 4.78 is 78.6. The van der Waals surface area contributed by atoms with Gasteiger partial charge in [0.15, 0.2) is 5.58 Å². The van der Waals surface area contributed by atoms with Crippen LogP contribution in [0, 0.1) is 0 Å². The van der Waals surface area contributed by atoms with Gasteiger partial charge in [-0.05, 0) is 47.5 Å². The number of para-hydroxylation sites is 1. The number of anilines is 1. The molecule has 0 bridgehead atoms. The number of benzene rings is 3. The highest BCUT2D eigenvalue weighted by molar-refractivity contribution is 5.99. The number of carbonyl (C=O) groups excluding carboxylic acids is 1. The van der Waals surface area contributed by atoms with Crippen molar-refractivity contribution in [2.45, 2.75) is 25.2 Å². The average Bonchev–Trinajstić information content (AvgIpc) is 3.20. The molecule has 0 saturated carbocycles. The second-order valence-corrected chi connectivity index (χ2v) is 7.88. The Labute approximate surface area is 209 Å². The van der Waals surface area contributed by atoms with Crippen molar-refractivity contribution in [3.05, 3.63) is 99.5 Å². The van der Waals surface area contributed by atoms with Gasteiger partial charge in [0.25, 0.3) is 0 Å². The number of fused-ring (bicyclic) bond motifs is 1. The smallest absolute Gasteiger partial charge is 0.417 e. The number of aliphatic carboxylic acids is 1. The van der Waals surface area contributed by atoms with Crippen LogP contribution in [0.1, 0.15) is 22.3 Å². The van der Waals surface area contributed by atoms with Crippen LogP contribution in [0.5, 0.6) is 0 Å². The first-order valence-corrected chi connectivity index (χ1v) is 10.7. The molecule has 4 rings (SSSR count). The van der Waals surface area contributed by atoms with Gasteiger partial charge in [-0.2, -0.15) is 26.3 Å². The molecular weight excluding hydrogens is 522 g/mol. The summed E-state index contributed by atoms with van der Waals surface area (Å²) in [6.45, 7) is 0. The quantitative estimate of drug-likeness (QED) is 0.283. The summed E-state index contributed by atoms with van der Waals surface area (Å²) in [5.74, 6) is -2.14. The van der Waals surface area contributed by atoms with Crippen molar-refractivity contribution in [2.24, 2.45) is 0 Å². The molecule has 0 atom stereocenters. The first-order valence-electron chi connectivity index (χ1n) is 10.7. The van der Waals surface area contributed by atoms with Gasteiger partial charge in [-0.25, -0.2) is 4.79 Å². The molecule has 0 saturated heterocycles. The minimum Gasteiger partial charge on any atom is -0.481 e. The lowest BCUT2D eigenvalue weighted by molar-refractivity contribution is -0.138. The van der Waals surface area contributed by atoms with E-state index in [1.807, 2.05) is 0 Å². The van der Waals surface area contributed by atoms with E-state index in [0.29, 0.717) is 27.9 Å². The fourth-order valence-corrected chi connectivity index (χ4v) is 3.25. The third-order valence-electron chi connectivity index (χ3n) is 5.01. The van der Waals surface area contributed by atoms with E-state index >= 15 is 0 Å². The number of carboxylic acids is 1. The second kappa shape index (κ2) is 11.2. The van der Waals surface area contributed by atoms with Crippen molar-refractivity contribution in [3.63, 3.8) is 0 Å². The highest BCUT2D eigenvalue weighted by atomic mass is 19.4. The van der Waals surface area contributed by atoms with E-state index in [1.165, 1.54) is 12.1 Å². The molecule has 0 fully saturated rings. The van der Waals surface area contributed by atoms with Gasteiger partial charge in [-0.3, -0.25) is 14.6 Å². The molecule has 7 nitrogen and oxygen atoms in total. The van der Waals surface area contributed by atoms with E-state index in [0.717, 1.165) is 36.4 Å². The molecule has 0 aliphatic carbocycles. The molecule has 4 aromatic rings. The lowest BCUT2D eigenvalue weighted by Gasteiger charge is -2.08. The standard InChI is InChI=1S/C16H11F3N2O3.C9H7F3O2/c17-16(18,19)10-6-4-9(5-7-10)8-13(22)20-11-2-1-3-12-14(11)21-15(23)24-12;10-9(11,12)7-3-1-6(2-4-7)5-8(13)14/h1-7H,8H2,(H,20,22)(H,21,23);1-4H,5H2,(H,13,14). The van der Waals surface area contributed by atoms with Crippen LogP contribution in [-0.2, 0) is 34.8 Å². The maximum Gasteiger partial charge on any atom is 0.417 e. The van der Waals surface area contributed by atoms with Gasteiger partial charge in [-0.15, -0.1) is 0 Å². The van der Waals surface area contributed by atoms with E-state index in [9.17, 15) is 40.7 Å². The van der Waals surface area contributed by atoms with Gasteiger partial charge >= 0.3 is 24.1 Å². The number of oxazole rings is 1. The summed E-state index contributed by atoms with van der Waals surface area (Å²) in [6, 6.07) is 13.2. The van der Waals surface area contributed by atoms with Gasteiger partial charge < -0.3 is 14.8 Å². The summed E-state index contributed by atoms with van der Waals surface area (Å²) in [6.07, 6.45) is -9.15. The van der Waals surface area contributed by atoms with E-state index < -0.39 is 41.1 Å². The number of carboxylic acid groups (broad SMARTS) is 1. The van der Waals surface area contributed by atoms with Crippen molar-refractivity contribution in [3.8, 4) is 0 Å². The van der Waals surface area contributed by atoms with Crippen LogP contribution in [0.4, 0.5) is 32.0 Å². The number of amides is 1. The van der Waals surface area contributed by atoms with Crippen molar-refractivity contribution >= 4 is 28.7 Å². The Kier molecular flexibility index (Phi) is 8.29. The first kappa shape index (κ1) is 28.0. The zero-order chi connectivity index (χ0) is 28.1. The number of H-pyrrole nitrogens is 1. The predicted octanol–water partition coefficient (Wildman–Crippen LogP) is 5.65. The molecule has 200 valence electrons. The van der Waals surface area contributed by atoms with Crippen LogP contribution in [0.3, 0.4) is 0 Å². The van der Waals surface area contributed by atoms with Crippen molar-refractivity contribution < 1.29 is 45.5 Å². The maximum atomic E-state index is 12.5. The minimum atomic E-state index is -4.41. The van der Waals surface area contributed by atoms with E-state index in [-0.39, 0.29) is 12.8 Å². The lowest BCUT2D eigenvalue weighted by atomic mass is 10.1. The van der Waals surface area contributed by atoms with E-state index in [1.54, 1.807) is 18.2 Å². The zero-order valence-electron chi connectivity index (χ0n) is 19.1. The second-order valence-electron chi connectivity index (χ2n) is 7.88. The third kappa shape index (κ3) is 7.72. The summed E-state index contributed by atoms with van der Waals surface area (Å²) in [7, 11) is 0. The number of aromatic nitrogens is 1. The Hall–Kier alpha value is -4.55. The van der Waals surface area contributed by atoms with Crippen LogP contribution >= 0.6 is 0 Å². The van der Waals surface area contributed by atoms with Crippen LogP contribution < -0.4 is 11.1 Å². The Morgan fingerprint density at radius 3 is 1.76 bits per heavy atom. The minimum absolute atomic E-state index is 0.101. The fourth-order valence-electron chi connectivity index (χ4n) is 3.25. The molecule has 0 unspecified atom stereocenters. The summed E-state index contributed by atoms with van der Waals surface area (Å²) in [4.78, 5) is 35.9. The number of hydrogen-bond donors (Lipinski definition) is 3. The van der Waals surface area contributed by atoms with Gasteiger partial charge in [0.2, 0.25) is 5.91 Å². The average molecular weight is 540 g/mol. The fraction of sp³-hybridized carbons (Fsp3) is 0.160. The number of carbonyl (C=O) groups is 2. The normalized spacial score (nSPS) is 11.5. The van der Waals surface area contributed by atoms with Crippen LogP contribution in [0.2, 0.25) is 0 Å². The first-order chi connectivity index (χ1) is 17.7. The van der Waals surface area contributed by atoms with Gasteiger partial charge in [0, 0.05) is 0 Å². The molecule has 0 radical (unpaired) electrons. The highest BCUT2D eigenvalue weighted by Gasteiger charge is 2.30. The van der Waals surface area contributed by atoms with E-state index in [2.05, 4.69) is 10.3 Å². The molecule has 3 aromatic carbocycles. The van der Waals surface area contributed by atoms with Crippen molar-refractivity contribution in [1.29, 1.82) is 0 Å². The van der Waals surface area contributed by atoms with Crippen molar-refractivity contribution in [2.75, 3.05) is 5.32 Å². The topological polar surface area (TPSA) is 112 Å². The molecule has 3 N–H and O–H groups in total. The van der Waals surface area contributed by atoms with Crippen molar-refractivity contribution in [1.82, 2.24) is 4.98 Å². The summed E-state index contributed by atoms with van der Waals surface area (Å²) in [5, 5.41) is 11.0. The number of rotatable bonds is 5. The Balaban J connectivity index is 0.000000244. The zero-order valence-corrected chi connectivity index (χ0v) is 19.1. The Morgan fingerprint density at radius 1 is 0.789 bits per heavy atom. The third-order valence-corrected chi connectivity index (χ3v) is 5.01. The Bertz CT molecular complexity index is 1470. The maximum absolute atomic E-state index is 12.5. The van der Waals surface area contributed by atoms with E-state index in [4.69, 9.17) is 9.52 Å². The molecule has 1 aromatic heterocycles. The van der Waals surface area contributed by atoms with Crippen LogP contribution in [-0.4, -0.2) is 22.0 Å². The number of nitrogens with one attached hydrogen (secondary N) is 2. The molecule has 1 heterocycles. The summed E-state index contributed by atoms with van der Waals surface area (Å²) >= 11 is 0. The van der Waals surface area contributed by atoms with Gasteiger partial charge in [0.1, 0.15) is 5.52 Å². The molecule has 1 amide bonds. The summed E-state index contributed by atoms with van der Waals surface area (Å²) in [5.41, 5.74) is 0.253. The molecule has 0 aliphatic heterocycles. The number of halogens is 6. The Morgan fingerprint density at radius 2 is 1.29 bits per heavy atom. The molecular formula is C25H18F6N2O5. The molecule has 0 spiro atoms. The van der Waals surface area contributed by atoms with Crippen LogP contribution in [0.25, 0.3) is 11.1 Å². The van der Waals surface area contributed by atoms with Crippen LogP contribution in [0.15, 0.2) is 75.9 Å². The largest absolute Gasteiger partial charge is 0.481 e. The highest BCUT2D eigenvalue weighted by Crippen LogP contribution is 2.30. The number of hydrogen-bond acceptors (Lipinski definition) is 4. The number of alkyl halides is 6. The molecule has 13 heteroatoms. The van der Waals surface area contributed by atoms with Gasteiger partial charge in [0.05, 0.1) is 29.7 Å². The monoisotopic (exact) mass is 540 g/mol. The molecule has 38 heavy (non-hydrogen) atoms. The van der Waals surface area contributed by atoms with Gasteiger partial charge in [-0.1, -0.05) is 30.3 Å². The molecule has 0 aliphatic rings.